The van der Waals surface area contributed by atoms with Gasteiger partial charge in [-0.25, -0.2) is 0 Å². The van der Waals surface area contributed by atoms with Crippen LogP contribution in [0.3, 0.4) is 0 Å². The second kappa shape index (κ2) is 9.05. The lowest BCUT2D eigenvalue weighted by Gasteiger charge is -2.11. The fourth-order valence-electron chi connectivity index (χ4n) is 1.64. The quantitative estimate of drug-likeness (QED) is 0.301. The molecule has 2 aromatic rings. The van der Waals surface area contributed by atoms with E-state index in [2.05, 4.69) is 42.5 Å². The summed E-state index contributed by atoms with van der Waals surface area (Å²) in [6.45, 7) is 0. The van der Waals surface area contributed by atoms with Gasteiger partial charge in [0.25, 0.3) is 0 Å². The maximum absolute atomic E-state index is 11.9. The molecule has 0 atom stereocenters. The molecule has 2 aromatic carbocycles. The number of phenolic OH excluding ortho intramolecular Hbond substituents is 1. The van der Waals surface area contributed by atoms with Crippen LogP contribution in [0, 0.1) is 0 Å². The Bertz CT molecular complexity index is 750. The van der Waals surface area contributed by atoms with Crippen LogP contribution < -0.4 is 10.6 Å². The van der Waals surface area contributed by atoms with Crippen molar-refractivity contribution in [2.45, 2.75) is 4.90 Å². The molecule has 24 heavy (non-hydrogen) atoms. The number of thioether (sulfide) groups is 1. The van der Waals surface area contributed by atoms with Crippen LogP contribution in [0.15, 0.2) is 50.2 Å². The number of aromatic hydroxyl groups is 1. The summed E-state index contributed by atoms with van der Waals surface area (Å²) >= 11 is 18.8. The Morgan fingerprint density at radius 3 is 2.38 bits per heavy atom. The molecule has 0 saturated carbocycles. The molecular formula is C15H11Br2ClN2O2S2. The van der Waals surface area contributed by atoms with Gasteiger partial charge in [0.15, 0.2) is 5.11 Å². The number of anilines is 1. The van der Waals surface area contributed by atoms with E-state index in [1.807, 2.05) is 12.1 Å². The third-order valence-corrected chi connectivity index (χ3v) is 5.39. The van der Waals surface area contributed by atoms with Crippen LogP contribution in [0.1, 0.15) is 0 Å². The summed E-state index contributed by atoms with van der Waals surface area (Å²) in [7, 11) is 0. The molecule has 0 unspecified atom stereocenters. The summed E-state index contributed by atoms with van der Waals surface area (Å²) in [5.74, 6) is 0.103. The van der Waals surface area contributed by atoms with Gasteiger partial charge in [-0.15, -0.1) is 11.8 Å². The van der Waals surface area contributed by atoms with Gasteiger partial charge < -0.3 is 15.7 Å². The van der Waals surface area contributed by atoms with E-state index in [-0.39, 0.29) is 22.5 Å². The highest BCUT2D eigenvalue weighted by Crippen LogP contribution is 2.35. The van der Waals surface area contributed by atoms with E-state index in [0.717, 1.165) is 4.90 Å². The van der Waals surface area contributed by atoms with Gasteiger partial charge in [0.1, 0.15) is 5.75 Å². The number of hydrogen-bond donors (Lipinski definition) is 3. The molecule has 2 rings (SSSR count). The lowest BCUT2D eigenvalue weighted by Crippen LogP contribution is -2.35. The van der Waals surface area contributed by atoms with E-state index in [1.54, 1.807) is 24.3 Å². The monoisotopic (exact) mass is 508 g/mol. The average molecular weight is 511 g/mol. The van der Waals surface area contributed by atoms with Crippen molar-refractivity contribution in [1.29, 1.82) is 0 Å². The second-order valence-corrected chi connectivity index (χ2v) is 8.14. The van der Waals surface area contributed by atoms with Gasteiger partial charge in [-0.2, -0.15) is 0 Å². The number of nitrogens with one attached hydrogen (secondary N) is 2. The predicted octanol–water partition coefficient (Wildman–Crippen LogP) is 5.18. The Balaban J connectivity index is 1.85. The molecule has 0 spiro atoms. The Hall–Kier alpha value is -0.800. The van der Waals surface area contributed by atoms with E-state index in [9.17, 15) is 9.90 Å². The van der Waals surface area contributed by atoms with Crippen molar-refractivity contribution in [3.8, 4) is 5.75 Å². The molecule has 1 amide bonds. The highest BCUT2D eigenvalue weighted by atomic mass is 79.9. The zero-order valence-corrected chi connectivity index (χ0v) is 17.5. The van der Waals surface area contributed by atoms with Gasteiger partial charge in [0.2, 0.25) is 5.91 Å². The van der Waals surface area contributed by atoms with Crippen molar-refractivity contribution < 1.29 is 9.90 Å². The largest absolute Gasteiger partial charge is 0.506 e. The number of hydrogen-bond acceptors (Lipinski definition) is 4. The molecule has 126 valence electrons. The summed E-state index contributed by atoms with van der Waals surface area (Å²) < 4.78 is 1.01. The summed E-state index contributed by atoms with van der Waals surface area (Å²) in [5, 5.41) is 16.0. The molecular weight excluding hydrogens is 500 g/mol. The third-order valence-electron chi connectivity index (χ3n) is 2.71. The first-order valence-corrected chi connectivity index (χ1v) is 9.88. The molecule has 0 bridgehead atoms. The molecule has 0 fully saturated rings. The molecule has 0 heterocycles. The number of phenols is 1. The average Bonchev–Trinajstić information content (AvgIpc) is 2.52. The van der Waals surface area contributed by atoms with Crippen molar-refractivity contribution in [2.75, 3.05) is 11.1 Å². The molecule has 0 aliphatic heterocycles. The van der Waals surface area contributed by atoms with Crippen molar-refractivity contribution >= 4 is 84.1 Å². The van der Waals surface area contributed by atoms with E-state index < -0.39 is 0 Å². The first-order chi connectivity index (χ1) is 11.3. The summed E-state index contributed by atoms with van der Waals surface area (Å²) in [5.41, 5.74) is 0.627. The van der Waals surface area contributed by atoms with Gasteiger partial charge in [0, 0.05) is 15.6 Å². The van der Waals surface area contributed by atoms with Gasteiger partial charge >= 0.3 is 0 Å². The Morgan fingerprint density at radius 2 is 1.79 bits per heavy atom. The second-order valence-electron chi connectivity index (χ2n) is 4.53. The zero-order valence-electron chi connectivity index (χ0n) is 12.0. The lowest BCUT2D eigenvalue weighted by molar-refractivity contribution is -0.117. The Kier molecular flexibility index (Phi) is 7.36. The van der Waals surface area contributed by atoms with Gasteiger partial charge in [-0.3, -0.25) is 4.79 Å². The predicted molar refractivity (Wildman–Crippen MR) is 110 cm³/mol. The molecule has 9 heteroatoms. The number of carbonyl (C=O) groups is 1. The highest BCUT2D eigenvalue weighted by Gasteiger charge is 2.09. The normalized spacial score (nSPS) is 10.3. The Morgan fingerprint density at radius 1 is 1.21 bits per heavy atom. The molecule has 4 nitrogen and oxygen atoms in total. The lowest BCUT2D eigenvalue weighted by atomic mass is 10.3. The van der Waals surface area contributed by atoms with E-state index in [4.69, 9.17) is 23.8 Å². The smallest absolute Gasteiger partial charge is 0.236 e. The number of benzene rings is 2. The zero-order chi connectivity index (χ0) is 17.7. The minimum atomic E-state index is -0.218. The first-order valence-electron chi connectivity index (χ1n) is 6.52. The number of halogens is 3. The van der Waals surface area contributed by atoms with E-state index in [1.165, 1.54) is 11.8 Å². The minimum absolute atomic E-state index is 0.0925. The highest BCUT2D eigenvalue weighted by molar-refractivity contribution is 9.11. The summed E-state index contributed by atoms with van der Waals surface area (Å²) in [6.07, 6.45) is 0. The SMILES string of the molecule is O=C(CSc1ccc(Cl)cc1)NC(=S)Nc1cc(Br)c(O)c(Br)c1. The van der Waals surface area contributed by atoms with Crippen LogP contribution in [-0.2, 0) is 4.79 Å². The summed E-state index contributed by atoms with van der Waals surface area (Å²) in [6, 6.07) is 10.6. The van der Waals surface area contributed by atoms with Crippen LogP contribution >= 0.6 is 67.4 Å². The maximum Gasteiger partial charge on any atom is 0.236 e. The minimum Gasteiger partial charge on any atom is -0.506 e. The van der Waals surface area contributed by atoms with E-state index >= 15 is 0 Å². The topological polar surface area (TPSA) is 61.4 Å². The molecule has 0 radical (unpaired) electrons. The van der Waals surface area contributed by atoms with Gasteiger partial charge in [-0.1, -0.05) is 11.6 Å². The summed E-state index contributed by atoms with van der Waals surface area (Å²) in [4.78, 5) is 12.9. The molecule has 0 aromatic heterocycles. The molecule has 0 saturated heterocycles. The van der Waals surface area contributed by atoms with Gasteiger partial charge in [-0.05, 0) is 80.5 Å². The van der Waals surface area contributed by atoms with Crippen LogP contribution in [0.2, 0.25) is 5.02 Å². The molecule has 3 N–H and O–H groups in total. The van der Waals surface area contributed by atoms with Gasteiger partial charge in [0.05, 0.1) is 14.7 Å². The van der Waals surface area contributed by atoms with Crippen molar-refractivity contribution in [3.05, 3.63) is 50.4 Å². The molecule has 0 aliphatic carbocycles. The first kappa shape index (κ1) is 19.5. The maximum atomic E-state index is 11.9. The third kappa shape index (κ3) is 5.93. The fourth-order valence-corrected chi connectivity index (χ4v) is 3.89. The van der Waals surface area contributed by atoms with Crippen molar-refractivity contribution in [3.63, 3.8) is 0 Å². The van der Waals surface area contributed by atoms with Crippen LogP contribution in [0.5, 0.6) is 5.75 Å². The van der Waals surface area contributed by atoms with Crippen LogP contribution in [-0.4, -0.2) is 21.9 Å². The fraction of sp³-hybridized carbons (Fsp3) is 0.0667. The number of amides is 1. The van der Waals surface area contributed by atoms with Crippen molar-refractivity contribution in [1.82, 2.24) is 5.32 Å². The standard InChI is InChI=1S/C15H11Br2ClN2O2S2/c16-11-5-9(6-12(17)14(11)22)19-15(23)20-13(21)7-24-10-3-1-8(18)2-4-10/h1-6,22H,7H2,(H2,19,20,21,23). The van der Waals surface area contributed by atoms with Crippen molar-refractivity contribution in [2.24, 2.45) is 0 Å². The number of rotatable bonds is 4. The van der Waals surface area contributed by atoms with E-state index in [0.29, 0.717) is 19.7 Å². The number of thiocarbonyl (C=S) groups is 1. The van der Waals surface area contributed by atoms with Crippen LogP contribution in [0.25, 0.3) is 0 Å². The van der Waals surface area contributed by atoms with Crippen LogP contribution in [0.4, 0.5) is 5.69 Å². The number of carbonyl (C=O) groups excluding carboxylic acids is 1. The molecule has 0 aliphatic rings. The Labute approximate surface area is 170 Å².